The van der Waals surface area contributed by atoms with Crippen LogP contribution in [0.3, 0.4) is 0 Å². The molecule has 0 aromatic carbocycles. The fraction of sp³-hybridized carbons (Fsp3) is 0.857. The van der Waals surface area contributed by atoms with Crippen LogP contribution < -0.4 is 0 Å². The lowest BCUT2D eigenvalue weighted by Crippen LogP contribution is -2.56. The van der Waals surface area contributed by atoms with Gasteiger partial charge in [0.15, 0.2) is 5.41 Å². The molecular formula is C14H22O4. The van der Waals surface area contributed by atoms with Crippen LogP contribution >= 0.6 is 0 Å². The lowest BCUT2D eigenvalue weighted by atomic mass is 9.52. The molecule has 2 saturated carbocycles. The third-order valence-corrected chi connectivity index (χ3v) is 5.29. The van der Waals surface area contributed by atoms with Crippen molar-refractivity contribution in [2.45, 2.75) is 46.0 Å². The Balaban J connectivity index is 2.40. The minimum absolute atomic E-state index is 0.188. The molecule has 2 fully saturated rings. The molecule has 0 radical (unpaired) electrons. The predicted molar refractivity (Wildman–Crippen MR) is 66.1 cm³/mol. The van der Waals surface area contributed by atoms with E-state index in [0.29, 0.717) is 12.3 Å². The number of hydrogen-bond donors (Lipinski definition) is 2. The SMILES string of the molecule is CC1CCC2C(CCC(C)C2(C(=O)O)C(=O)O)C1. The van der Waals surface area contributed by atoms with Gasteiger partial charge in [-0.2, -0.15) is 0 Å². The van der Waals surface area contributed by atoms with Crippen LogP contribution in [0, 0.1) is 29.1 Å². The molecule has 0 bridgehead atoms. The topological polar surface area (TPSA) is 74.6 Å². The Morgan fingerprint density at radius 2 is 1.61 bits per heavy atom. The van der Waals surface area contributed by atoms with Gasteiger partial charge >= 0.3 is 11.9 Å². The minimum atomic E-state index is -1.55. The summed E-state index contributed by atoms with van der Waals surface area (Å²) < 4.78 is 0. The minimum Gasteiger partial charge on any atom is -0.480 e. The second kappa shape index (κ2) is 4.56. The second-order valence-corrected chi connectivity index (χ2v) is 6.24. The molecule has 2 rings (SSSR count). The van der Waals surface area contributed by atoms with Gasteiger partial charge in [-0.3, -0.25) is 9.59 Å². The van der Waals surface area contributed by atoms with Crippen molar-refractivity contribution < 1.29 is 19.8 Å². The summed E-state index contributed by atoms with van der Waals surface area (Å²) in [5.74, 6) is -1.86. The highest BCUT2D eigenvalue weighted by Gasteiger charge is 2.61. The molecule has 0 heterocycles. The molecular weight excluding hydrogens is 232 g/mol. The zero-order valence-corrected chi connectivity index (χ0v) is 11.1. The number of carbonyl (C=O) groups is 2. The van der Waals surface area contributed by atoms with Crippen LogP contribution in [0.25, 0.3) is 0 Å². The van der Waals surface area contributed by atoms with Crippen molar-refractivity contribution in [2.75, 3.05) is 0 Å². The van der Waals surface area contributed by atoms with E-state index in [-0.39, 0.29) is 17.8 Å². The summed E-state index contributed by atoms with van der Waals surface area (Å²) in [5.41, 5.74) is -1.55. The highest BCUT2D eigenvalue weighted by molar-refractivity contribution is 5.99. The summed E-state index contributed by atoms with van der Waals surface area (Å²) >= 11 is 0. The van der Waals surface area contributed by atoms with Crippen molar-refractivity contribution in [1.82, 2.24) is 0 Å². The van der Waals surface area contributed by atoms with E-state index >= 15 is 0 Å². The first kappa shape index (κ1) is 13.4. The number of carboxylic acids is 2. The molecule has 2 aliphatic rings. The van der Waals surface area contributed by atoms with Crippen molar-refractivity contribution in [3.63, 3.8) is 0 Å². The molecule has 4 nitrogen and oxygen atoms in total. The highest BCUT2D eigenvalue weighted by atomic mass is 16.4. The van der Waals surface area contributed by atoms with Crippen molar-refractivity contribution >= 4 is 11.9 Å². The maximum atomic E-state index is 11.7. The van der Waals surface area contributed by atoms with Crippen molar-refractivity contribution in [3.8, 4) is 0 Å². The predicted octanol–water partition coefficient (Wildman–Crippen LogP) is 2.62. The summed E-state index contributed by atoms with van der Waals surface area (Å²) in [5, 5.41) is 19.1. The largest absolute Gasteiger partial charge is 0.480 e. The summed E-state index contributed by atoms with van der Waals surface area (Å²) in [4.78, 5) is 23.4. The fourth-order valence-corrected chi connectivity index (χ4v) is 4.30. The van der Waals surface area contributed by atoms with Crippen molar-refractivity contribution in [1.29, 1.82) is 0 Å². The van der Waals surface area contributed by atoms with Crippen LogP contribution in [0.1, 0.15) is 46.0 Å². The van der Waals surface area contributed by atoms with E-state index in [9.17, 15) is 19.8 Å². The second-order valence-electron chi connectivity index (χ2n) is 6.24. The smallest absolute Gasteiger partial charge is 0.321 e. The summed E-state index contributed by atoms with van der Waals surface area (Å²) in [6, 6.07) is 0. The lowest BCUT2D eigenvalue weighted by Gasteiger charge is -2.49. The van der Waals surface area contributed by atoms with E-state index < -0.39 is 17.4 Å². The first-order chi connectivity index (χ1) is 8.40. The molecule has 0 spiro atoms. The van der Waals surface area contributed by atoms with E-state index in [1.807, 2.05) is 0 Å². The molecule has 18 heavy (non-hydrogen) atoms. The first-order valence-corrected chi connectivity index (χ1v) is 6.87. The Morgan fingerprint density at radius 3 is 2.17 bits per heavy atom. The Morgan fingerprint density at radius 1 is 1.00 bits per heavy atom. The third-order valence-electron chi connectivity index (χ3n) is 5.29. The quantitative estimate of drug-likeness (QED) is 0.743. The molecule has 0 aromatic heterocycles. The number of aliphatic carboxylic acids is 2. The van der Waals surface area contributed by atoms with E-state index in [4.69, 9.17) is 0 Å². The summed E-state index contributed by atoms with van der Waals surface area (Å²) in [6.45, 7) is 3.97. The van der Waals surface area contributed by atoms with Crippen LogP contribution in [0.5, 0.6) is 0 Å². The van der Waals surface area contributed by atoms with Gasteiger partial charge < -0.3 is 10.2 Å². The van der Waals surface area contributed by atoms with Crippen molar-refractivity contribution in [2.24, 2.45) is 29.1 Å². The molecule has 0 aromatic rings. The Hall–Kier alpha value is -1.06. The van der Waals surface area contributed by atoms with Gasteiger partial charge in [0.05, 0.1) is 0 Å². The molecule has 4 atom stereocenters. The number of rotatable bonds is 2. The normalized spacial score (nSPS) is 38.8. The van der Waals surface area contributed by atoms with E-state index in [0.717, 1.165) is 25.7 Å². The zero-order chi connectivity index (χ0) is 13.5. The van der Waals surface area contributed by atoms with Gasteiger partial charge in [-0.1, -0.05) is 20.3 Å². The van der Waals surface area contributed by atoms with Gasteiger partial charge in [0.1, 0.15) is 0 Å². The van der Waals surface area contributed by atoms with Gasteiger partial charge in [-0.15, -0.1) is 0 Å². The summed E-state index contributed by atoms with van der Waals surface area (Å²) in [6.07, 6.45) is 4.38. The number of hydrogen-bond acceptors (Lipinski definition) is 2. The van der Waals surface area contributed by atoms with Gasteiger partial charge in [-0.05, 0) is 49.4 Å². The van der Waals surface area contributed by atoms with E-state index in [2.05, 4.69) is 6.92 Å². The van der Waals surface area contributed by atoms with Crippen LogP contribution in [-0.2, 0) is 9.59 Å². The summed E-state index contributed by atoms with van der Waals surface area (Å²) in [7, 11) is 0. The maximum absolute atomic E-state index is 11.7. The van der Waals surface area contributed by atoms with Crippen LogP contribution in [0.4, 0.5) is 0 Å². The average molecular weight is 254 g/mol. The van der Waals surface area contributed by atoms with Gasteiger partial charge in [0.2, 0.25) is 0 Å². The fourth-order valence-electron chi connectivity index (χ4n) is 4.30. The molecule has 4 heteroatoms. The van der Waals surface area contributed by atoms with Gasteiger partial charge in [0, 0.05) is 0 Å². The number of fused-ring (bicyclic) bond motifs is 1. The Kier molecular flexibility index (Phi) is 3.39. The molecule has 0 amide bonds. The molecule has 2 aliphatic carbocycles. The van der Waals surface area contributed by atoms with Crippen molar-refractivity contribution in [3.05, 3.63) is 0 Å². The lowest BCUT2D eigenvalue weighted by molar-refractivity contribution is -0.183. The van der Waals surface area contributed by atoms with E-state index in [1.54, 1.807) is 6.92 Å². The Bertz CT molecular complexity index is 349. The molecule has 102 valence electrons. The Labute approximate surface area is 107 Å². The molecule has 0 saturated heterocycles. The van der Waals surface area contributed by atoms with Gasteiger partial charge in [-0.25, -0.2) is 0 Å². The average Bonchev–Trinajstić information content (AvgIpc) is 2.28. The first-order valence-electron chi connectivity index (χ1n) is 6.87. The monoisotopic (exact) mass is 254 g/mol. The molecule has 2 N–H and O–H groups in total. The van der Waals surface area contributed by atoms with Crippen LogP contribution in [0.2, 0.25) is 0 Å². The van der Waals surface area contributed by atoms with Gasteiger partial charge in [0.25, 0.3) is 0 Å². The number of carboxylic acid groups (broad SMARTS) is 2. The third kappa shape index (κ3) is 1.73. The van der Waals surface area contributed by atoms with E-state index in [1.165, 1.54) is 0 Å². The molecule has 4 unspecified atom stereocenters. The molecule has 0 aliphatic heterocycles. The highest BCUT2D eigenvalue weighted by Crippen LogP contribution is 2.54. The maximum Gasteiger partial charge on any atom is 0.321 e. The zero-order valence-electron chi connectivity index (χ0n) is 11.1. The van der Waals surface area contributed by atoms with Crippen LogP contribution in [0.15, 0.2) is 0 Å². The van der Waals surface area contributed by atoms with Crippen LogP contribution in [-0.4, -0.2) is 22.2 Å². The standard InChI is InChI=1S/C14H22O4/c1-8-3-6-11-10(7-8)5-4-9(2)14(11,12(15)16)13(17)18/h8-11H,3-7H2,1-2H3,(H,15,16)(H,17,18).